The quantitative estimate of drug-likeness (QED) is 0.846. The van der Waals surface area contributed by atoms with Gasteiger partial charge < -0.3 is 9.84 Å². The molecular formula is C12H14N4O2. The number of carbonyl (C=O) groups is 1. The standard InChI is InChI=1S/C12H14N4O2/c1-7-6-10(16-18-7)13-12(17)11-8-4-2-3-5-9(8)14-15-11/h6H,2-5H2,1H3,(H,14,15)(H,13,16,17). The van der Waals surface area contributed by atoms with E-state index in [2.05, 4.69) is 20.7 Å². The van der Waals surface area contributed by atoms with Crippen LogP contribution in [-0.4, -0.2) is 21.3 Å². The van der Waals surface area contributed by atoms with Gasteiger partial charge in [-0.15, -0.1) is 0 Å². The normalized spacial score (nSPS) is 14.3. The summed E-state index contributed by atoms with van der Waals surface area (Å²) in [4.78, 5) is 12.1. The Hall–Kier alpha value is -2.11. The maximum atomic E-state index is 12.1. The third-order valence-corrected chi connectivity index (χ3v) is 3.14. The molecule has 0 spiro atoms. The molecule has 3 rings (SSSR count). The van der Waals surface area contributed by atoms with Crippen molar-refractivity contribution in [3.8, 4) is 0 Å². The smallest absolute Gasteiger partial charge is 0.277 e. The Bertz CT molecular complexity index is 585. The van der Waals surface area contributed by atoms with Crippen LogP contribution in [0, 0.1) is 6.92 Å². The molecule has 1 amide bonds. The molecule has 2 heterocycles. The zero-order valence-corrected chi connectivity index (χ0v) is 10.1. The van der Waals surface area contributed by atoms with Crippen molar-refractivity contribution >= 4 is 11.7 Å². The molecule has 6 nitrogen and oxygen atoms in total. The Morgan fingerprint density at radius 1 is 1.44 bits per heavy atom. The van der Waals surface area contributed by atoms with Crippen LogP contribution in [0.25, 0.3) is 0 Å². The molecule has 0 aliphatic heterocycles. The lowest BCUT2D eigenvalue weighted by atomic mass is 9.96. The predicted octanol–water partition coefficient (Wildman–Crippen LogP) is 1.84. The van der Waals surface area contributed by atoms with Gasteiger partial charge in [0.05, 0.1) is 0 Å². The number of carbonyl (C=O) groups excluding carboxylic acids is 1. The highest BCUT2D eigenvalue weighted by atomic mass is 16.5. The summed E-state index contributed by atoms with van der Waals surface area (Å²) >= 11 is 0. The molecule has 94 valence electrons. The Labute approximate surface area is 104 Å². The van der Waals surface area contributed by atoms with Gasteiger partial charge in [-0.3, -0.25) is 9.89 Å². The number of hydrogen-bond acceptors (Lipinski definition) is 4. The van der Waals surface area contributed by atoms with E-state index in [9.17, 15) is 4.79 Å². The molecule has 0 fully saturated rings. The topological polar surface area (TPSA) is 83.8 Å². The number of aryl methyl sites for hydroxylation is 2. The van der Waals surface area contributed by atoms with E-state index in [0.29, 0.717) is 17.3 Å². The molecule has 2 aromatic heterocycles. The molecule has 0 saturated carbocycles. The molecule has 1 aliphatic rings. The zero-order valence-electron chi connectivity index (χ0n) is 10.1. The van der Waals surface area contributed by atoms with Crippen molar-refractivity contribution in [1.29, 1.82) is 0 Å². The van der Waals surface area contributed by atoms with Crippen molar-refractivity contribution in [3.63, 3.8) is 0 Å². The SMILES string of the molecule is Cc1cc(NC(=O)c2n[nH]c3c2CCCC3)no1. The highest BCUT2D eigenvalue weighted by Crippen LogP contribution is 2.22. The van der Waals surface area contributed by atoms with Gasteiger partial charge in [0.25, 0.3) is 5.91 Å². The number of nitrogens with zero attached hydrogens (tertiary/aromatic N) is 2. The van der Waals surface area contributed by atoms with Crippen LogP contribution in [0.15, 0.2) is 10.6 Å². The lowest BCUT2D eigenvalue weighted by Gasteiger charge is -2.10. The highest BCUT2D eigenvalue weighted by Gasteiger charge is 2.22. The van der Waals surface area contributed by atoms with Crippen molar-refractivity contribution in [2.24, 2.45) is 0 Å². The Morgan fingerprint density at radius 2 is 2.28 bits per heavy atom. The summed E-state index contributed by atoms with van der Waals surface area (Å²) in [6.45, 7) is 1.78. The molecule has 0 aromatic carbocycles. The Balaban J connectivity index is 1.82. The first-order valence-electron chi connectivity index (χ1n) is 6.05. The largest absolute Gasteiger partial charge is 0.360 e. The highest BCUT2D eigenvalue weighted by molar-refractivity contribution is 6.03. The van der Waals surface area contributed by atoms with Crippen LogP contribution in [-0.2, 0) is 12.8 Å². The van der Waals surface area contributed by atoms with E-state index in [4.69, 9.17) is 4.52 Å². The number of hydrogen-bond donors (Lipinski definition) is 2. The summed E-state index contributed by atoms with van der Waals surface area (Å²) < 4.78 is 4.90. The first-order chi connectivity index (χ1) is 8.74. The van der Waals surface area contributed by atoms with Crippen molar-refractivity contribution in [2.45, 2.75) is 32.6 Å². The van der Waals surface area contributed by atoms with Gasteiger partial charge in [0.15, 0.2) is 11.5 Å². The summed E-state index contributed by atoms with van der Waals surface area (Å²) in [7, 11) is 0. The number of H-pyrrole nitrogens is 1. The first-order valence-corrected chi connectivity index (χ1v) is 6.05. The van der Waals surface area contributed by atoms with E-state index in [-0.39, 0.29) is 5.91 Å². The molecule has 2 aromatic rings. The number of aromatic nitrogens is 3. The summed E-state index contributed by atoms with van der Waals surface area (Å²) in [6, 6.07) is 1.68. The van der Waals surface area contributed by atoms with E-state index in [0.717, 1.165) is 36.9 Å². The minimum Gasteiger partial charge on any atom is -0.360 e. The van der Waals surface area contributed by atoms with Crippen LogP contribution in [0.5, 0.6) is 0 Å². The summed E-state index contributed by atoms with van der Waals surface area (Å²) in [5, 5.41) is 13.5. The second kappa shape index (κ2) is 4.29. The van der Waals surface area contributed by atoms with Crippen LogP contribution in [0.1, 0.15) is 40.3 Å². The van der Waals surface area contributed by atoms with Gasteiger partial charge >= 0.3 is 0 Å². The number of amides is 1. The van der Waals surface area contributed by atoms with Gasteiger partial charge in [0.1, 0.15) is 5.76 Å². The van der Waals surface area contributed by atoms with E-state index in [1.54, 1.807) is 13.0 Å². The van der Waals surface area contributed by atoms with Gasteiger partial charge in [0.2, 0.25) is 0 Å². The lowest BCUT2D eigenvalue weighted by Crippen LogP contribution is -2.15. The van der Waals surface area contributed by atoms with Crippen molar-refractivity contribution in [2.75, 3.05) is 5.32 Å². The summed E-state index contributed by atoms with van der Waals surface area (Å²) in [6.07, 6.45) is 4.14. The molecule has 2 N–H and O–H groups in total. The molecule has 0 saturated heterocycles. The van der Waals surface area contributed by atoms with Gasteiger partial charge in [-0.1, -0.05) is 5.16 Å². The van der Waals surface area contributed by atoms with Gasteiger partial charge in [-0.05, 0) is 32.6 Å². The second-order valence-corrected chi connectivity index (χ2v) is 4.51. The molecule has 6 heteroatoms. The van der Waals surface area contributed by atoms with Crippen LogP contribution >= 0.6 is 0 Å². The maximum Gasteiger partial charge on any atom is 0.277 e. The number of aromatic amines is 1. The average molecular weight is 246 g/mol. The van der Waals surface area contributed by atoms with E-state index in [1.165, 1.54) is 0 Å². The average Bonchev–Trinajstić information content (AvgIpc) is 2.95. The molecule has 1 aliphatic carbocycles. The second-order valence-electron chi connectivity index (χ2n) is 4.51. The molecular weight excluding hydrogens is 232 g/mol. The third kappa shape index (κ3) is 1.90. The maximum absolute atomic E-state index is 12.1. The molecule has 0 radical (unpaired) electrons. The number of anilines is 1. The first kappa shape index (κ1) is 11.0. The number of rotatable bonds is 2. The van der Waals surface area contributed by atoms with Crippen LogP contribution < -0.4 is 5.32 Å². The molecule has 0 bridgehead atoms. The summed E-state index contributed by atoms with van der Waals surface area (Å²) in [5.41, 5.74) is 2.60. The zero-order chi connectivity index (χ0) is 12.5. The molecule has 18 heavy (non-hydrogen) atoms. The Kier molecular flexibility index (Phi) is 2.62. The van der Waals surface area contributed by atoms with Gasteiger partial charge in [-0.2, -0.15) is 5.10 Å². The minimum absolute atomic E-state index is 0.234. The number of nitrogens with one attached hydrogen (secondary N) is 2. The van der Waals surface area contributed by atoms with Crippen LogP contribution in [0.2, 0.25) is 0 Å². The number of fused-ring (bicyclic) bond motifs is 1. The van der Waals surface area contributed by atoms with Crippen LogP contribution in [0.3, 0.4) is 0 Å². The van der Waals surface area contributed by atoms with Gasteiger partial charge in [0, 0.05) is 17.3 Å². The minimum atomic E-state index is -0.234. The fourth-order valence-corrected chi connectivity index (χ4v) is 2.27. The van der Waals surface area contributed by atoms with Crippen molar-refractivity contribution in [1.82, 2.24) is 15.4 Å². The molecule has 0 unspecified atom stereocenters. The van der Waals surface area contributed by atoms with E-state index >= 15 is 0 Å². The fourth-order valence-electron chi connectivity index (χ4n) is 2.27. The predicted molar refractivity (Wildman–Crippen MR) is 64.4 cm³/mol. The molecule has 0 atom stereocenters. The van der Waals surface area contributed by atoms with Crippen LogP contribution in [0.4, 0.5) is 5.82 Å². The monoisotopic (exact) mass is 246 g/mol. The van der Waals surface area contributed by atoms with E-state index in [1.807, 2.05) is 0 Å². The fraction of sp³-hybridized carbons (Fsp3) is 0.417. The Morgan fingerprint density at radius 3 is 3.06 bits per heavy atom. The van der Waals surface area contributed by atoms with E-state index < -0.39 is 0 Å². The lowest BCUT2D eigenvalue weighted by molar-refractivity contribution is 0.102. The van der Waals surface area contributed by atoms with Gasteiger partial charge in [-0.25, -0.2) is 0 Å². The van der Waals surface area contributed by atoms with Crippen molar-refractivity contribution < 1.29 is 9.32 Å². The van der Waals surface area contributed by atoms with Crippen molar-refractivity contribution in [3.05, 3.63) is 28.8 Å². The third-order valence-electron chi connectivity index (χ3n) is 3.14. The summed E-state index contributed by atoms with van der Waals surface area (Å²) in [5.74, 6) is 0.849.